The molecule has 2 atom stereocenters. The molecule has 0 saturated carbocycles. The number of nitrogens with one attached hydrogen (secondary N) is 1. The summed E-state index contributed by atoms with van der Waals surface area (Å²) in [7, 11) is 0. The van der Waals surface area contributed by atoms with Gasteiger partial charge in [-0.15, -0.1) is 0 Å². The summed E-state index contributed by atoms with van der Waals surface area (Å²) in [5.74, 6) is 1.09. The normalized spacial score (nSPS) is 18.0. The van der Waals surface area contributed by atoms with Gasteiger partial charge in [-0.1, -0.05) is 40.5 Å². The van der Waals surface area contributed by atoms with E-state index < -0.39 is 0 Å². The zero-order valence-corrected chi connectivity index (χ0v) is 8.55. The molecule has 0 heterocycles. The number of hydrogen-bond acceptors (Lipinski definition) is 1. The minimum atomic E-state index is 0.289. The second-order valence-electron chi connectivity index (χ2n) is 3.54. The molecule has 0 aliphatic heterocycles. The molecule has 0 saturated heterocycles. The van der Waals surface area contributed by atoms with Gasteiger partial charge in [-0.2, -0.15) is 0 Å². The number of rotatable bonds is 6. The molecule has 0 spiro atoms. The topological polar surface area (TPSA) is 29.1 Å². The van der Waals surface area contributed by atoms with Crippen molar-refractivity contribution in [2.24, 2.45) is 11.8 Å². The first-order chi connectivity index (χ1) is 5.67. The summed E-state index contributed by atoms with van der Waals surface area (Å²) in [6.45, 7) is 8.63. The van der Waals surface area contributed by atoms with Crippen molar-refractivity contribution >= 4 is 6.41 Å². The zero-order chi connectivity index (χ0) is 9.56. The van der Waals surface area contributed by atoms with E-state index >= 15 is 0 Å². The molecule has 0 aromatic rings. The Morgan fingerprint density at radius 2 is 1.58 bits per heavy atom. The third-order valence-corrected chi connectivity index (χ3v) is 2.74. The van der Waals surface area contributed by atoms with E-state index in [0.29, 0.717) is 11.8 Å². The van der Waals surface area contributed by atoms with Crippen LogP contribution in [0, 0.1) is 11.8 Å². The molecule has 2 heteroatoms. The Labute approximate surface area is 75.7 Å². The van der Waals surface area contributed by atoms with E-state index in [0.717, 1.165) is 12.8 Å². The molecule has 12 heavy (non-hydrogen) atoms. The minimum Gasteiger partial charge on any atom is -0.345 e. The fourth-order valence-corrected chi connectivity index (χ4v) is 1.42. The van der Waals surface area contributed by atoms with E-state index in [1.807, 2.05) is 0 Å². The molecular weight excluding hydrogens is 150 g/mol. The maximum absolute atomic E-state index is 10.2. The number of hydrogen-bond donors (Lipinski definition) is 1. The van der Waals surface area contributed by atoms with Crippen LogP contribution in [0.25, 0.3) is 0 Å². The van der Waals surface area contributed by atoms with Gasteiger partial charge in [0, 0.05) is 6.04 Å². The van der Waals surface area contributed by atoms with Gasteiger partial charge in [0.1, 0.15) is 0 Å². The molecule has 0 aromatic heterocycles. The Morgan fingerprint density at radius 3 is 1.83 bits per heavy atom. The Balaban J connectivity index is 4.09. The lowest BCUT2D eigenvalue weighted by molar-refractivity contribution is 0.299. The van der Waals surface area contributed by atoms with Gasteiger partial charge in [-0.05, 0) is 11.8 Å². The molecule has 2 nitrogen and oxygen atoms in total. The quantitative estimate of drug-likeness (QED) is 0.608. The molecule has 0 bridgehead atoms. The van der Waals surface area contributed by atoms with Crippen LogP contribution in [0.5, 0.6) is 0 Å². The number of carbonyl (C=O) groups excluding carboxylic acids is 1. The maximum Gasteiger partial charge on any atom is 0.309 e. The summed E-state index contributed by atoms with van der Waals surface area (Å²) in [6.07, 6.45) is 4.00. The minimum absolute atomic E-state index is 0.289. The van der Waals surface area contributed by atoms with E-state index in [9.17, 15) is 4.79 Å². The van der Waals surface area contributed by atoms with Crippen molar-refractivity contribution in [2.75, 3.05) is 0 Å². The van der Waals surface area contributed by atoms with Gasteiger partial charge in [0.05, 0.1) is 0 Å². The van der Waals surface area contributed by atoms with Crippen molar-refractivity contribution in [3.63, 3.8) is 0 Å². The summed E-state index contributed by atoms with van der Waals surface area (Å²) in [6, 6.07) is 0.289. The van der Waals surface area contributed by atoms with Crippen molar-refractivity contribution in [2.45, 2.75) is 46.6 Å². The molecule has 0 aliphatic carbocycles. The van der Waals surface area contributed by atoms with Crippen LogP contribution in [0.4, 0.5) is 0 Å². The van der Waals surface area contributed by atoms with Crippen molar-refractivity contribution < 1.29 is 4.79 Å². The maximum atomic E-state index is 10.2. The van der Waals surface area contributed by atoms with Gasteiger partial charge < -0.3 is 5.32 Å². The van der Waals surface area contributed by atoms with Crippen LogP contribution in [0.15, 0.2) is 0 Å². The molecule has 1 radical (unpaired) electrons. The highest BCUT2D eigenvalue weighted by Crippen LogP contribution is 2.17. The van der Waals surface area contributed by atoms with Crippen LogP contribution in [-0.4, -0.2) is 12.5 Å². The van der Waals surface area contributed by atoms with Crippen LogP contribution < -0.4 is 5.32 Å². The summed E-state index contributed by atoms with van der Waals surface area (Å²) >= 11 is 0. The standard InChI is InChI=1S/C10H20NO/c1-5-8(3)10(11-7-12)9(4)6-2/h8-10H,5-6H2,1-4H3,(H,11,12). The van der Waals surface area contributed by atoms with Crippen molar-refractivity contribution in [3.05, 3.63) is 0 Å². The van der Waals surface area contributed by atoms with Crippen LogP contribution in [0.3, 0.4) is 0 Å². The average molecular weight is 170 g/mol. The fraction of sp³-hybridized carbons (Fsp3) is 0.900. The third kappa shape index (κ3) is 3.24. The van der Waals surface area contributed by atoms with Gasteiger partial charge in [-0.3, -0.25) is 4.79 Å². The van der Waals surface area contributed by atoms with Crippen LogP contribution >= 0.6 is 0 Å². The summed E-state index contributed by atoms with van der Waals surface area (Å²) in [5.41, 5.74) is 0. The largest absolute Gasteiger partial charge is 0.345 e. The Bertz CT molecular complexity index is 115. The first-order valence-electron chi connectivity index (χ1n) is 4.79. The van der Waals surface area contributed by atoms with Gasteiger partial charge in [0.25, 0.3) is 0 Å². The smallest absolute Gasteiger partial charge is 0.309 e. The average Bonchev–Trinajstić information content (AvgIpc) is 2.11. The van der Waals surface area contributed by atoms with Gasteiger partial charge >= 0.3 is 6.41 Å². The molecule has 1 N–H and O–H groups in total. The third-order valence-electron chi connectivity index (χ3n) is 2.74. The highest BCUT2D eigenvalue weighted by atomic mass is 16.1. The van der Waals surface area contributed by atoms with E-state index in [4.69, 9.17) is 0 Å². The number of amides is 1. The van der Waals surface area contributed by atoms with Crippen molar-refractivity contribution in [3.8, 4) is 0 Å². The highest BCUT2D eigenvalue weighted by molar-refractivity contribution is 5.47. The first kappa shape index (κ1) is 11.5. The lowest BCUT2D eigenvalue weighted by Gasteiger charge is -2.27. The zero-order valence-electron chi connectivity index (χ0n) is 8.55. The second kappa shape index (κ2) is 6.04. The molecule has 0 fully saturated rings. The summed E-state index contributed by atoms with van der Waals surface area (Å²) in [5, 5.41) is 2.78. The first-order valence-corrected chi connectivity index (χ1v) is 4.79. The van der Waals surface area contributed by atoms with Gasteiger partial charge in [0.15, 0.2) is 0 Å². The van der Waals surface area contributed by atoms with E-state index in [1.165, 1.54) is 0 Å². The molecule has 0 aromatic carbocycles. The SMILES string of the molecule is CCC(C)C(N[C]=O)C(C)CC. The van der Waals surface area contributed by atoms with Crippen molar-refractivity contribution in [1.82, 2.24) is 5.32 Å². The molecule has 71 valence electrons. The predicted molar refractivity (Wildman–Crippen MR) is 51.5 cm³/mol. The lowest BCUT2D eigenvalue weighted by atomic mass is 9.87. The van der Waals surface area contributed by atoms with E-state index in [1.54, 1.807) is 6.41 Å². The predicted octanol–water partition coefficient (Wildman–Crippen LogP) is 2.10. The molecular formula is C10H20NO. The van der Waals surface area contributed by atoms with E-state index in [-0.39, 0.29) is 6.04 Å². The molecule has 2 unspecified atom stereocenters. The molecule has 1 amide bonds. The summed E-state index contributed by atoms with van der Waals surface area (Å²) < 4.78 is 0. The van der Waals surface area contributed by atoms with E-state index in [2.05, 4.69) is 33.0 Å². The lowest BCUT2D eigenvalue weighted by Crippen LogP contribution is -2.39. The van der Waals surface area contributed by atoms with Gasteiger partial charge in [-0.25, -0.2) is 0 Å². The monoisotopic (exact) mass is 170 g/mol. The summed E-state index contributed by atoms with van der Waals surface area (Å²) in [4.78, 5) is 10.2. The molecule has 0 rings (SSSR count). The highest BCUT2D eigenvalue weighted by Gasteiger charge is 2.20. The second-order valence-corrected chi connectivity index (χ2v) is 3.54. The van der Waals surface area contributed by atoms with Gasteiger partial charge in [0.2, 0.25) is 0 Å². The van der Waals surface area contributed by atoms with Crippen LogP contribution in [0.1, 0.15) is 40.5 Å². The van der Waals surface area contributed by atoms with Crippen LogP contribution in [0.2, 0.25) is 0 Å². The Hall–Kier alpha value is -0.530. The molecule has 0 aliphatic rings. The van der Waals surface area contributed by atoms with Crippen LogP contribution in [-0.2, 0) is 4.79 Å². The Kier molecular flexibility index (Phi) is 5.77. The van der Waals surface area contributed by atoms with Crippen molar-refractivity contribution in [1.29, 1.82) is 0 Å². The Morgan fingerprint density at radius 1 is 1.17 bits per heavy atom. The fourth-order valence-electron chi connectivity index (χ4n) is 1.42.